The molecule has 0 unspecified atom stereocenters. The molecule has 6 nitrogen and oxygen atoms in total. The Bertz CT molecular complexity index is 1150. The quantitative estimate of drug-likeness (QED) is 0.524. The Balaban J connectivity index is 1.64. The lowest BCUT2D eigenvalue weighted by Crippen LogP contribution is -2.23. The van der Waals surface area contributed by atoms with Crippen LogP contribution in [0.1, 0.15) is 21.5 Å². The second-order valence-electron chi connectivity index (χ2n) is 6.41. The standard InChI is InChI=1S/C21H17F3N2O4S/c22-21(23,24)17-7-4-8-18(13-17)26-31(28,29)19-11-9-16(10-12-19)20(27)25-30-14-15-5-2-1-3-6-15/h1-13,26H,14H2,(H,25,27). The summed E-state index contributed by atoms with van der Waals surface area (Å²) in [6.45, 7) is 0.153. The maximum atomic E-state index is 12.8. The molecule has 0 saturated heterocycles. The second-order valence-corrected chi connectivity index (χ2v) is 8.10. The Morgan fingerprint density at radius 1 is 0.903 bits per heavy atom. The van der Waals surface area contributed by atoms with Crippen LogP contribution < -0.4 is 10.2 Å². The van der Waals surface area contributed by atoms with E-state index in [1.807, 2.05) is 30.3 Å². The number of hydrogen-bond donors (Lipinski definition) is 2. The smallest absolute Gasteiger partial charge is 0.280 e. The number of hydroxylamine groups is 1. The molecule has 162 valence electrons. The van der Waals surface area contributed by atoms with Gasteiger partial charge in [-0.05, 0) is 48.0 Å². The van der Waals surface area contributed by atoms with Gasteiger partial charge in [-0.25, -0.2) is 13.9 Å². The predicted octanol–water partition coefficient (Wildman–Crippen LogP) is 4.37. The van der Waals surface area contributed by atoms with Crippen LogP contribution in [0.25, 0.3) is 0 Å². The summed E-state index contributed by atoms with van der Waals surface area (Å²) >= 11 is 0. The first-order valence-electron chi connectivity index (χ1n) is 8.91. The number of halogens is 3. The minimum absolute atomic E-state index is 0.145. The largest absolute Gasteiger partial charge is 0.416 e. The van der Waals surface area contributed by atoms with Crippen LogP contribution in [0.2, 0.25) is 0 Å². The number of alkyl halides is 3. The van der Waals surface area contributed by atoms with E-state index in [1.165, 1.54) is 30.3 Å². The molecule has 0 saturated carbocycles. The topological polar surface area (TPSA) is 84.5 Å². The molecular formula is C21H17F3N2O4S. The molecule has 0 aliphatic heterocycles. The molecule has 0 fully saturated rings. The van der Waals surface area contributed by atoms with E-state index < -0.39 is 27.7 Å². The van der Waals surface area contributed by atoms with E-state index >= 15 is 0 Å². The summed E-state index contributed by atoms with van der Waals surface area (Å²) in [5.41, 5.74) is 2.04. The molecule has 0 radical (unpaired) electrons. The molecule has 2 N–H and O–H groups in total. The molecule has 0 aliphatic carbocycles. The van der Waals surface area contributed by atoms with Gasteiger partial charge in [0.05, 0.1) is 17.1 Å². The zero-order valence-corrected chi connectivity index (χ0v) is 16.7. The van der Waals surface area contributed by atoms with E-state index in [9.17, 15) is 26.4 Å². The fourth-order valence-electron chi connectivity index (χ4n) is 2.58. The Morgan fingerprint density at radius 2 is 1.58 bits per heavy atom. The van der Waals surface area contributed by atoms with Crippen molar-refractivity contribution in [3.05, 3.63) is 95.6 Å². The number of anilines is 1. The van der Waals surface area contributed by atoms with E-state index in [4.69, 9.17) is 4.84 Å². The zero-order chi connectivity index (χ0) is 22.5. The fourth-order valence-corrected chi connectivity index (χ4v) is 3.63. The van der Waals surface area contributed by atoms with Crippen molar-refractivity contribution in [2.24, 2.45) is 0 Å². The maximum absolute atomic E-state index is 12.8. The Labute approximate surface area is 176 Å². The van der Waals surface area contributed by atoms with Crippen molar-refractivity contribution in [3.8, 4) is 0 Å². The number of amides is 1. The fraction of sp³-hybridized carbons (Fsp3) is 0.0952. The summed E-state index contributed by atoms with van der Waals surface area (Å²) < 4.78 is 65.4. The van der Waals surface area contributed by atoms with Crippen molar-refractivity contribution in [3.63, 3.8) is 0 Å². The van der Waals surface area contributed by atoms with Crippen LogP contribution in [-0.4, -0.2) is 14.3 Å². The number of benzene rings is 3. The van der Waals surface area contributed by atoms with Gasteiger partial charge in [0.2, 0.25) is 0 Å². The lowest BCUT2D eigenvalue weighted by atomic mass is 10.2. The average Bonchev–Trinajstić information content (AvgIpc) is 2.74. The van der Waals surface area contributed by atoms with E-state index in [2.05, 4.69) is 10.2 Å². The van der Waals surface area contributed by atoms with Crippen LogP contribution in [0.4, 0.5) is 18.9 Å². The number of carbonyl (C=O) groups is 1. The molecule has 3 rings (SSSR count). The molecule has 0 aromatic heterocycles. The monoisotopic (exact) mass is 450 g/mol. The molecule has 0 bridgehead atoms. The van der Waals surface area contributed by atoms with Crippen LogP contribution in [-0.2, 0) is 27.6 Å². The van der Waals surface area contributed by atoms with Crippen LogP contribution in [0.5, 0.6) is 0 Å². The van der Waals surface area contributed by atoms with Gasteiger partial charge in [-0.1, -0.05) is 36.4 Å². The third kappa shape index (κ3) is 6.06. The van der Waals surface area contributed by atoms with E-state index in [0.29, 0.717) is 6.07 Å². The van der Waals surface area contributed by atoms with Gasteiger partial charge in [0.25, 0.3) is 15.9 Å². The third-order valence-corrected chi connectivity index (χ3v) is 5.51. The lowest BCUT2D eigenvalue weighted by molar-refractivity contribution is -0.137. The van der Waals surface area contributed by atoms with Gasteiger partial charge < -0.3 is 0 Å². The first-order valence-corrected chi connectivity index (χ1v) is 10.4. The molecule has 3 aromatic carbocycles. The highest BCUT2D eigenvalue weighted by molar-refractivity contribution is 7.92. The number of hydrogen-bond acceptors (Lipinski definition) is 4. The van der Waals surface area contributed by atoms with E-state index in [1.54, 1.807) is 0 Å². The first-order chi connectivity index (χ1) is 14.6. The molecule has 0 atom stereocenters. The molecule has 1 amide bonds. The van der Waals surface area contributed by atoms with Crippen molar-refractivity contribution in [1.29, 1.82) is 0 Å². The Morgan fingerprint density at radius 3 is 2.23 bits per heavy atom. The van der Waals surface area contributed by atoms with Gasteiger partial charge in [0, 0.05) is 11.3 Å². The van der Waals surface area contributed by atoms with Gasteiger partial charge in [-0.15, -0.1) is 0 Å². The van der Waals surface area contributed by atoms with Crippen molar-refractivity contribution >= 4 is 21.6 Å². The second kappa shape index (κ2) is 9.19. The van der Waals surface area contributed by atoms with Crippen LogP contribution in [0, 0.1) is 0 Å². The number of carbonyl (C=O) groups excluding carboxylic acids is 1. The highest BCUT2D eigenvalue weighted by Gasteiger charge is 2.30. The Kier molecular flexibility index (Phi) is 6.62. The first kappa shape index (κ1) is 22.3. The van der Waals surface area contributed by atoms with Gasteiger partial charge in [0.1, 0.15) is 0 Å². The number of nitrogens with one attached hydrogen (secondary N) is 2. The van der Waals surface area contributed by atoms with E-state index in [-0.39, 0.29) is 22.8 Å². The summed E-state index contributed by atoms with van der Waals surface area (Å²) in [4.78, 5) is 17.0. The molecule has 10 heteroatoms. The van der Waals surface area contributed by atoms with E-state index in [0.717, 1.165) is 17.7 Å². The lowest BCUT2D eigenvalue weighted by Gasteiger charge is -2.11. The summed E-state index contributed by atoms with van der Waals surface area (Å²) in [5.74, 6) is -0.578. The summed E-state index contributed by atoms with van der Waals surface area (Å²) in [6.07, 6.45) is -4.60. The Hall–Kier alpha value is -3.37. The van der Waals surface area contributed by atoms with Crippen LogP contribution in [0.3, 0.4) is 0 Å². The van der Waals surface area contributed by atoms with Crippen molar-refractivity contribution < 1.29 is 31.2 Å². The SMILES string of the molecule is O=C(NOCc1ccccc1)c1ccc(S(=O)(=O)Nc2cccc(C(F)(F)F)c2)cc1. The minimum Gasteiger partial charge on any atom is -0.280 e. The van der Waals surface area contributed by atoms with Gasteiger partial charge in [-0.2, -0.15) is 13.2 Å². The number of rotatable bonds is 7. The summed E-state index contributed by atoms with van der Waals surface area (Å²) in [7, 11) is -4.15. The molecule has 0 heterocycles. The van der Waals surface area contributed by atoms with Crippen molar-refractivity contribution in [2.75, 3.05) is 4.72 Å². The summed E-state index contributed by atoms with van der Waals surface area (Å²) in [5, 5.41) is 0. The third-order valence-electron chi connectivity index (χ3n) is 4.12. The molecule has 31 heavy (non-hydrogen) atoms. The van der Waals surface area contributed by atoms with Crippen LogP contribution in [0.15, 0.2) is 83.8 Å². The zero-order valence-electron chi connectivity index (χ0n) is 15.9. The average molecular weight is 450 g/mol. The predicted molar refractivity (Wildman–Crippen MR) is 107 cm³/mol. The van der Waals surface area contributed by atoms with Crippen molar-refractivity contribution in [1.82, 2.24) is 5.48 Å². The van der Waals surface area contributed by atoms with Crippen LogP contribution >= 0.6 is 0 Å². The van der Waals surface area contributed by atoms with Crippen molar-refractivity contribution in [2.45, 2.75) is 17.7 Å². The molecular weight excluding hydrogens is 433 g/mol. The molecule has 0 aliphatic rings. The van der Waals surface area contributed by atoms with Gasteiger partial charge in [0.15, 0.2) is 0 Å². The maximum Gasteiger partial charge on any atom is 0.416 e. The normalized spacial score (nSPS) is 11.7. The molecule has 0 spiro atoms. The van der Waals surface area contributed by atoms with Gasteiger partial charge in [-0.3, -0.25) is 14.4 Å². The molecule has 3 aromatic rings. The highest BCUT2D eigenvalue weighted by atomic mass is 32.2. The van der Waals surface area contributed by atoms with Gasteiger partial charge >= 0.3 is 6.18 Å². The minimum atomic E-state index is -4.60. The number of sulfonamides is 1. The summed E-state index contributed by atoms with van der Waals surface area (Å²) in [6, 6.07) is 17.9. The highest BCUT2D eigenvalue weighted by Crippen LogP contribution is 2.31.